The summed E-state index contributed by atoms with van der Waals surface area (Å²) >= 11 is 0. The molecule has 0 bridgehead atoms. The first-order chi connectivity index (χ1) is 7.91. The predicted molar refractivity (Wildman–Crippen MR) is 60.6 cm³/mol. The Balaban J connectivity index is 2.87. The standard InChI is InChI=1S/C12H21O4/c13-11-15-9-7-5-3-1-2-4-6-8-10-16-12-14/h11H,1-10H2. The van der Waals surface area contributed by atoms with Crippen molar-refractivity contribution in [1.29, 1.82) is 0 Å². The second-order valence-electron chi connectivity index (χ2n) is 3.73. The molecule has 4 nitrogen and oxygen atoms in total. The van der Waals surface area contributed by atoms with Crippen LogP contribution in [-0.2, 0) is 19.1 Å². The molecular formula is C12H21O4. The molecule has 0 saturated carbocycles. The van der Waals surface area contributed by atoms with Crippen molar-refractivity contribution < 1.29 is 19.1 Å². The molecule has 0 aromatic heterocycles. The Morgan fingerprint density at radius 2 is 1.31 bits per heavy atom. The Morgan fingerprint density at radius 1 is 0.812 bits per heavy atom. The summed E-state index contributed by atoms with van der Waals surface area (Å²) in [6.45, 7) is 2.95. The maximum absolute atomic E-state index is 9.83. The fourth-order valence-electron chi connectivity index (χ4n) is 1.51. The first-order valence-corrected chi connectivity index (χ1v) is 5.96. The van der Waals surface area contributed by atoms with E-state index < -0.39 is 0 Å². The van der Waals surface area contributed by atoms with Gasteiger partial charge in [0.05, 0.1) is 13.2 Å². The molecule has 0 aromatic carbocycles. The Bertz CT molecular complexity index is 141. The van der Waals surface area contributed by atoms with Crippen LogP contribution < -0.4 is 0 Å². The van der Waals surface area contributed by atoms with Gasteiger partial charge in [0, 0.05) is 0 Å². The molecule has 4 heteroatoms. The van der Waals surface area contributed by atoms with E-state index in [2.05, 4.69) is 9.47 Å². The van der Waals surface area contributed by atoms with E-state index >= 15 is 0 Å². The third kappa shape index (κ3) is 12.9. The lowest BCUT2D eigenvalue weighted by Gasteiger charge is -2.01. The van der Waals surface area contributed by atoms with Crippen molar-refractivity contribution in [3.63, 3.8) is 0 Å². The van der Waals surface area contributed by atoms with Gasteiger partial charge >= 0.3 is 6.47 Å². The van der Waals surface area contributed by atoms with Gasteiger partial charge < -0.3 is 9.47 Å². The normalized spacial score (nSPS) is 9.75. The van der Waals surface area contributed by atoms with Crippen LogP contribution in [0.5, 0.6) is 0 Å². The maximum atomic E-state index is 9.83. The zero-order valence-corrected chi connectivity index (χ0v) is 9.78. The van der Waals surface area contributed by atoms with Crippen molar-refractivity contribution in [3.8, 4) is 0 Å². The summed E-state index contributed by atoms with van der Waals surface area (Å²) in [7, 11) is 0. The van der Waals surface area contributed by atoms with E-state index in [0.29, 0.717) is 19.7 Å². The molecule has 0 aliphatic rings. The van der Waals surface area contributed by atoms with Crippen LogP contribution in [0, 0.1) is 0 Å². The van der Waals surface area contributed by atoms with Crippen molar-refractivity contribution in [1.82, 2.24) is 0 Å². The van der Waals surface area contributed by atoms with Gasteiger partial charge in [-0.15, -0.1) is 0 Å². The SMILES string of the molecule is O=[C]OCCCCCCCCCCOC=O. The molecule has 0 unspecified atom stereocenters. The van der Waals surface area contributed by atoms with Crippen LogP contribution >= 0.6 is 0 Å². The van der Waals surface area contributed by atoms with Gasteiger partial charge in [-0.3, -0.25) is 4.79 Å². The van der Waals surface area contributed by atoms with Gasteiger partial charge in [0.1, 0.15) is 0 Å². The third-order valence-corrected chi connectivity index (χ3v) is 2.39. The zero-order chi connectivity index (χ0) is 11.9. The Kier molecular flexibility index (Phi) is 13.0. The lowest BCUT2D eigenvalue weighted by Crippen LogP contribution is -1.92. The molecule has 0 atom stereocenters. The van der Waals surface area contributed by atoms with Crippen LogP contribution in [0.1, 0.15) is 51.4 Å². The number of rotatable bonds is 13. The second-order valence-corrected chi connectivity index (χ2v) is 3.73. The van der Waals surface area contributed by atoms with Gasteiger partial charge in [0.15, 0.2) is 0 Å². The predicted octanol–water partition coefficient (Wildman–Crippen LogP) is 2.36. The van der Waals surface area contributed by atoms with Crippen LogP contribution in [0.4, 0.5) is 0 Å². The summed E-state index contributed by atoms with van der Waals surface area (Å²) in [5.74, 6) is 0. The van der Waals surface area contributed by atoms with Crippen LogP contribution in [0.25, 0.3) is 0 Å². The van der Waals surface area contributed by atoms with Gasteiger partial charge in [-0.1, -0.05) is 38.5 Å². The van der Waals surface area contributed by atoms with Crippen LogP contribution in [0.15, 0.2) is 0 Å². The smallest absolute Gasteiger partial charge is 0.417 e. The third-order valence-electron chi connectivity index (χ3n) is 2.39. The van der Waals surface area contributed by atoms with E-state index in [1.807, 2.05) is 0 Å². The largest absolute Gasteiger partial charge is 0.468 e. The minimum absolute atomic E-state index is 0.493. The van der Waals surface area contributed by atoms with E-state index in [1.54, 1.807) is 0 Å². The second kappa shape index (κ2) is 13.9. The van der Waals surface area contributed by atoms with Crippen molar-refractivity contribution in [2.75, 3.05) is 13.2 Å². The van der Waals surface area contributed by atoms with E-state index in [0.717, 1.165) is 25.7 Å². The topological polar surface area (TPSA) is 52.6 Å². The number of carbonyl (C=O) groups excluding carboxylic acids is 2. The number of ether oxygens (including phenoxy) is 2. The van der Waals surface area contributed by atoms with Crippen LogP contribution in [0.2, 0.25) is 0 Å². The summed E-state index contributed by atoms with van der Waals surface area (Å²) in [6.07, 6.45) is 8.95. The summed E-state index contributed by atoms with van der Waals surface area (Å²) in [4.78, 5) is 19.5. The highest BCUT2D eigenvalue weighted by Gasteiger charge is 1.93. The highest BCUT2D eigenvalue weighted by atomic mass is 16.5. The molecule has 0 rings (SSSR count). The van der Waals surface area contributed by atoms with E-state index in [9.17, 15) is 9.59 Å². The van der Waals surface area contributed by atoms with Crippen molar-refractivity contribution in [3.05, 3.63) is 0 Å². The number of unbranched alkanes of at least 4 members (excludes halogenated alkanes) is 7. The van der Waals surface area contributed by atoms with Crippen LogP contribution in [-0.4, -0.2) is 26.2 Å². The van der Waals surface area contributed by atoms with Crippen molar-refractivity contribution in [2.45, 2.75) is 51.4 Å². The summed E-state index contributed by atoms with van der Waals surface area (Å²) in [6, 6.07) is 0. The quantitative estimate of drug-likeness (QED) is 0.359. The summed E-state index contributed by atoms with van der Waals surface area (Å²) in [5.41, 5.74) is 0. The number of carbonyl (C=O) groups is 1. The molecule has 16 heavy (non-hydrogen) atoms. The van der Waals surface area contributed by atoms with Gasteiger partial charge in [-0.2, -0.15) is 0 Å². The summed E-state index contributed by atoms with van der Waals surface area (Å²) in [5, 5.41) is 0. The fraction of sp³-hybridized carbons (Fsp3) is 0.833. The molecule has 1 radical (unpaired) electrons. The fourth-order valence-corrected chi connectivity index (χ4v) is 1.51. The van der Waals surface area contributed by atoms with Gasteiger partial charge in [-0.05, 0) is 12.8 Å². The molecule has 0 aromatic rings. The monoisotopic (exact) mass is 229 g/mol. The minimum atomic E-state index is 0.493. The Labute approximate surface area is 97.3 Å². The van der Waals surface area contributed by atoms with Gasteiger partial charge in [0.25, 0.3) is 6.47 Å². The Hall–Kier alpha value is -1.06. The van der Waals surface area contributed by atoms with E-state index in [1.165, 1.54) is 32.2 Å². The molecule has 0 heterocycles. The van der Waals surface area contributed by atoms with E-state index in [-0.39, 0.29) is 0 Å². The van der Waals surface area contributed by atoms with E-state index in [4.69, 9.17) is 0 Å². The number of hydrogen-bond acceptors (Lipinski definition) is 4. The summed E-state index contributed by atoms with van der Waals surface area (Å²) < 4.78 is 9.06. The molecule has 0 aliphatic heterocycles. The zero-order valence-electron chi connectivity index (χ0n) is 9.78. The van der Waals surface area contributed by atoms with Crippen LogP contribution in [0.3, 0.4) is 0 Å². The maximum Gasteiger partial charge on any atom is 0.417 e. The molecule has 0 amide bonds. The number of hydrogen-bond donors (Lipinski definition) is 0. The average molecular weight is 229 g/mol. The Morgan fingerprint density at radius 3 is 1.81 bits per heavy atom. The molecular weight excluding hydrogens is 208 g/mol. The molecule has 0 aliphatic carbocycles. The van der Waals surface area contributed by atoms with Crippen molar-refractivity contribution >= 4 is 12.9 Å². The highest BCUT2D eigenvalue weighted by Crippen LogP contribution is 2.08. The molecule has 0 N–H and O–H groups in total. The first kappa shape index (κ1) is 14.9. The van der Waals surface area contributed by atoms with Crippen molar-refractivity contribution in [2.24, 2.45) is 0 Å². The molecule has 0 fully saturated rings. The molecule has 93 valence electrons. The van der Waals surface area contributed by atoms with Gasteiger partial charge in [0.2, 0.25) is 0 Å². The molecule has 0 saturated heterocycles. The average Bonchev–Trinajstić information content (AvgIpc) is 2.31. The lowest BCUT2D eigenvalue weighted by atomic mass is 10.1. The highest BCUT2D eigenvalue weighted by molar-refractivity contribution is 5.38. The molecule has 0 spiro atoms. The lowest BCUT2D eigenvalue weighted by molar-refractivity contribution is -0.128. The minimum Gasteiger partial charge on any atom is -0.468 e. The van der Waals surface area contributed by atoms with Gasteiger partial charge in [-0.25, -0.2) is 4.79 Å². The first-order valence-electron chi connectivity index (χ1n) is 5.96.